The van der Waals surface area contributed by atoms with E-state index in [0.29, 0.717) is 5.82 Å². The topological polar surface area (TPSA) is 68.1 Å². The van der Waals surface area contributed by atoms with E-state index in [-0.39, 0.29) is 10.6 Å². The molecule has 0 aliphatic heterocycles. The molecule has 1 N–H and O–H groups in total. The fourth-order valence-electron chi connectivity index (χ4n) is 1.51. The van der Waals surface area contributed by atoms with E-state index in [1.807, 2.05) is 6.92 Å². The van der Waals surface area contributed by atoms with Crippen LogP contribution in [0.2, 0.25) is 0 Å². The number of rotatable bonds is 7. The van der Waals surface area contributed by atoms with Crippen LogP contribution in [0.1, 0.15) is 38.8 Å². The number of pyridine rings is 1. The third kappa shape index (κ3) is 4.38. The summed E-state index contributed by atoms with van der Waals surface area (Å²) in [6, 6.07) is 3.05. The third-order valence-electron chi connectivity index (χ3n) is 2.42. The van der Waals surface area contributed by atoms with Crippen LogP contribution in [-0.2, 0) is 6.42 Å². The first kappa shape index (κ1) is 13.4. The van der Waals surface area contributed by atoms with E-state index in [0.717, 1.165) is 37.9 Å². The first-order valence-electron chi connectivity index (χ1n) is 6.06. The van der Waals surface area contributed by atoms with Crippen molar-refractivity contribution < 1.29 is 4.92 Å². The molecular weight excluding hydrogens is 218 g/mol. The molecule has 1 aromatic heterocycles. The minimum Gasteiger partial charge on any atom is -0.370 e. The third-order valence-corrected chi connectivity index (χ3v) is 2.42. The fourth-order valence-corrected chi connectivity index (χ4v) is 1.51. The predicted molar refractivity (Wildman–Crippen MR) is 68.3 cm³/mol. The number of nitrogens with zero attached hydrogens (tertiary/aromatic N) is 2. The number of nitrogens with one attached hydrogen (secondary N) is 1. The molecule has 5 heteroatoms. The first-order chi connectivity index (χ1) is 8.17. The van der Waals surface area contributed by atoms with Gasteiger partial charge in [0.05, 0.1) is 11.0 Å². The Labute approximate surface area is 101 Å². The summed E-state index contributed by atoms with van der Waals surface area (Å²) in [7, 11) is 0. The normalized spacial score (nSPS) is 10.2. The summed E-state index contributed by atoms with van der Waals surface area (Å²) in [4.78, 5) is 14.8. The van der Waals surface area contributed by atoms with Crippen molar-refractivity contribution in [2.24, 2.45) is 0 Å². The van der Waals surface area contributed by atoms with Crippen LogP contribution in [0, 0.1) is 10.1 Å². The highest BCUT2D eigenvalue weighted by Gasteiger charge is 2.10. The molecule has 0 aliphatic rings. The highest BCUT2D eigenvalue weighted by molar-refractivity contribution is 5.46. The van der Waals surface area contributed by atoms with E-state index >= 15 is 0 Å². The van der Waals surface area contributed by atoms with Crippen LogP contribution in [0.15, 0.2) is 12.1 Å². The second kappa shape index (κ2) is 6.83. The zero-order valence-electron chi connectivity index (χ0n) is 10.4. The Morgan fingerprint density at radius 2 is 2.12 bits per heavy atom. The first-order valence-corrected chi connectivity index (χ1v) is 6.06. The Hall–Kier alpha value is -1.65. The summed E-state index contributed by atoms with van der Waals surface area (Å²) in [6.07, 6.45) is 3.82. The summed E-state index contributed by atoms with van der Waals surface area (Å²) in [6.45, 7) is 4.91. The van der Waals surface area contributed by atoms with Gasteiger partial charge in [-0.1, -0.05) is 20.3 Å². The van der Waals surface area contributed by atoms with Crippen molar-refractivity contribution in [3.8, 4) is 0 Å². The lowest BCUT2D eigenvalue weighted by Gasteiger charge is -2.06. The number of aryl methyl sites for hydroxylation is 1. The molecule has 0 atom stereocenters. The number of unbranched alkanes of at least 4 members (excludes halogenated alkanes) is 1. The molecule has 1 aromatic rings. The Balaban J connectivity index is 2.88. The van der Waals surface area contributed by atoms with Crippen molar-refractivity contribution in [2.75, 3.05) is 11.9 Å². The molecule has 1 rings (SSSR count). The van der Waals surface area contributed by atoms with Gasteiger partial charge in [-0.15, -0.1) is 0 Å². The number of aromatic nitrogens is 1. The summed E-state index contributed by atoms with van der Waals surface area (Å²) in [5.74, 6) is 0.604. The molecule has 1 heterocycles. The summed E-state index contributed by atoms with van der Waals surface area (Å²) in [5.41, 5.74) is 0.907. The monoisotopic (exact) mass is 237 g/mol. The van der Waals surface area contributed by atoms with Crippen LogP contribution >= 0.6 is 0 Å². The van der Waals surface area contributed by atoms with Gasteiger partial charge in [-0.2, -0.15) is 0 Å². The SMILES string of the molecule is CCCCc1cc([N+](=O)[O-])cc(NCCC)n1. The van der Waals surface area contributed by atoms with Gasteiger partial charge in [0, 0.05) is 18.3 Å². The number of hydrogen-bond donors (Lipinski definition) is 1. The van der Waals surface area contributed by atoms with Crippen LogP contribution in [0.25, 0.3) is 0 Å². The molecule has 0 saturated carbocycles. The minimum atomic E-state index is -0.367. The van der Waals surface area contributed by atoms with Gasteiger partial charge in [0.25, 0.3) is 5.69 Å². The molecule has 0 aromatic carbocycles. The second-order valence-electron chi connectivity index (χ2n) is 3.99. The maximum Gasteiger partial charge on any atom is 0.274 e. The van der Waals surface area contributed by atoms with E-state index < -0.39 is 0 Å². The van der Waals surface area contributed by atoms with Gasteiger partial charge in [0.1, 0.15) is 5.82 Å². The predicted octanol–water partition coefficient (Wildman–Crippen LogP) is 3.15. The Morgan fingerprint density at radius 3 is 2.71 bits per heavy atom. The maximum atomic E-state index is 10.8. The van der Waals surface area contributed by atoms with E-state index in [2.05, 4.69) is 17.2 Å². The van der Waals surface area contributed by atoms with Gasteiger partial charge in [0.2, 0.25) is 0 Å². The van der Waals surface area contributed by atoms with Gasteiger partial charge in [-0.3, -0.25) is 10.1 Å². The Bertz CT molecular complexity index is 354. The van der Waals surface area contributed by atoms with Gasteiger partial charge < -0.3 is 5.32 Å². The van der Waals surface area contributed by atoms with Crippen LogP contribution in [-0.4, -0.2) is 16.5 Å². The van der Waals surface area contributed by atoms with Gasteiger partial charge in [-0.05, 0) is 19.3 Å². The molecule has 0 amide bonds. The molecule has 5 nitrogen and oxygen atoms in total. The van der Waals surface area contributed by atoms with Crippen molar-refractivity contribution in [1.29, 1.82) is 0 Å². The Morgan fingerprint density at radius 1 is 1.35 bits per heavy atom. The van der Waals surface area contributed by atoms with Crippen molar-refractivity contribution in [3.05, 3.63) is 27.9 Å². The van der Waals surface area contributed by atoms with Crippen molar-refractivity contribution in [1.82, 2.24) is 4.98 Å². The molecule has 0 fully saturated rings. The van der Waals surface area contributed by atoms with E-state index in [1.54, 1.807) is 6.07 Å². The average Bonchev–Trinajstić information content (AvgIpc) is 2.33. The average molecular weight is 237 g/mol. The lowest BCUT2D eigenvalue weighted by molar-refractivity contribution is -0.384. The largest absolute Gasteiger partial charge is 0.370 e. The molecule has 0 aliphatic carbocycles. The van der Waals surface area contributed by atoms with Crippen LogP contribution in [0.4, 0.5) is 11.5 Å². The van der Waals surface area contributed by atoms with Crippen molar-refractivity contribution in [3.63, 3.8) is 0 Å². The molecule has 0 radical (unpaired) electrons. The lowest BCUT2D eigenvalue weighted by atomic mass is 10.2. The van der Waals surface area contributed by atoms with E-state index in [1.165, 1.54) is 6.07 Å². The van der Waals surface area contributed by atoms with Crippen molar-refractivity contribution >= 4 is 11.5 Å². The van der Waals surface area contributed by atoms with Crippen LogP contribution < -0.4 is 5.32 Å². The fraction of sp³-hybridized carbons (Fsp3) is 0.583. The Kier molecular flexibility index (Phi) is 5.39. The molecule has 0 unspecified atom stereocenters. The van der Waals surface area contributed by atoms with Gasteiger partial charge >= 0.3 is 0 Å². The van der Waals surface area contributed by atoms with Gasteiger partial charge in [0.15, 0.2) is 0 Å². The zero-order valence-corrected chi connectivity index (χ0v) is 10.4. The summed E-state index contributed by atoms with van der Waals surface area (Å²) < 4.78 is 0. The highest BCUT2D eigenvalue weighted by Crippen LogP contribution is 2.18. The number of hydrogen-bond acceptors (Lipinski definition) is 4. The van der Waals surface area contributed by atoms with Crippen LogP contribution in [0.3, 0.4) is 0 Å². The standard InChI is InChI=1S/C12H19N3O2/c1-3-5-6-10-8-11(15(16)17)9-12(14-10)13-7-4-2/h8-9H,3-7H2,1-2H3,(H,13,14). The maximum absolute atomic E-state index is 10.8. The zero-order chi connectivity index (χ0) is 12.7. The number of nitro groups is 1. The highest BCUT2D eigenvalue weighted by atomic mass is 16.6. The van der Waals surface area contributed by atoms with Gasteiger partial charge in [-0.25, -0.2) is 4.98 Å². The summed E-state index contributed by atoms with van der Waals surface area (Å²) in [5, 5.41) is 13.9. The molecule has 0 saturated heterocycles. The van der Waals surface area contributed by atoms with Crippen LogP contribution in [0.5, 0.6) is 0 Å². The lowest BCUT2D eigenvalue weighted by Crippen LogP contribution is -2.05. The minimum absolute atomic E-state index is 0.115. The smallest absolute Gasteiger partial charge is 0.274 e. The molecule has 0 spiro atoms. The molecule has 17 heavy (non-hydrogen) atoms. The summed E-state index contributed by atoms with van der Waals surface area (Å²) >= 11 is 0. The number of anilines is 1. The molecule has 94 valence electrons. The van der Waals surface area contributed by atoms with E-state index in [4.69, 9.17) is 0 Å². The molecular formula is C12H19N3O2. The second-order valence-corrected chi connectivity index (χ2v) is 3.99. The van der Waals surface area contributed by atoms with E-state index in [9.17, 15) is 10.1 Å². The molecule has 0 bridgehead atoms. The van der Waals surface area contributed by atoms with Crippen molar-refractivity contribution in [2.45, 2.75) is 39.5 Å². The quantitative estimate of drug-likeness (QED) is 0.584.